The average molecular weight is 384 g/mol. The number of carbonyl (C=O) groups is 2. The van der Waals surface area contributed by atoms with Gasteiger partial charge in [0.15, 0.2) is 5.78 Å². The van der Waals surface area contributed by atoms with E-state index < -0.39 is 0 Å². The Balaban J connectivity index is 1.44. The molecule has 3 rings (SSSR count). The number of methoxy groups -OCH3 is 1. The number of benzene rings is 2. The fraction of sp³-hybridized carbons (Fsp3) is 0.364. The van der Waals surface area contributed by atoms with Crippen LogP contribution in [0.3, 0.4) is 0 Å². The van der Waals surface area contributed by atoms with Crippen LogP contribution in [-0.2, 0) is 11.2 Å². The van der Waals surface area contributed by atoms with Crippen molar-refractivity contribution < 1.29 is 18.7 Å². The maximum atomic E-state index is 13.7. The number of Topliss-reactive ketones (excluding diaryl/α,β-unsaturated/α-hetero) is 1. The zero-order valence-corrected chi connectivity index (χ0v) is 16.1. The summed E-state index contributed by atoms with van der Waals surface area (Å²) in [5, 5.41) is 0. The highest BCUT2D eigenvalue weighted by molar-refractivity contribution is 5.97. The number of piperazine rings is 1. The molecule has 2 aromatic carbocycles. The van der Waals surface area contributed by atoms with Gasteiger partial charge in [-0.2, -0.15) is 0 Å². The zero-order valence-electron chi connectivity index (χ0n) is 16.1. The first-order valence-corrected chi connectivity index (χ1v) is 9.47. The molecule has 1 amide bonds. The van der Waals surface area contributed by atoms with E-state index in [1.165, 1.54) is 6.07 Å². The third-order valence-corrected chi connectivity index (χ3v) is 5.07. The largest absolute Gasteiger partial charge is 0.497 e. The highest BCUT2D eigenvalue weighted by Gasteiger charge is 2.22. The van der Waals surface area contributed by atoms with E-state index in [0.29, 0.717) is 56.7 Å². The second-order valence-corrected chi connectivity index (χ2v) is 6.90. The number of amides is 1. The van der Waals surface area contributed by atoms with E-state index in [9.17, 15) is 14.0 Å². The molecule has 0 atom stereocenters. The summed E-state index contributed by atoms with van der Waals surface area (Å²) in [5.74, 6) is 0.544. The molecule has 148 valence electrons. The molecule has 1 fully saturated rings. The first kappa shape index (κ1) is 20.0. The number of ether oxygens (including phenoxy) is 1. The Hall–Kier alpha value is -2.73. The van der Waals surface area contributed by atoms with Gasteiger partial charge < -0.3 is 9.64 Å². The fourth-order valence-electron chi connectivity index (χ4n) is 3.33. The smallest absolute Gasteiger partial charge is 0.222 e. The number of halogens is 1. The molecule has 1 aliphatic heterocycles. The van der Waals surface area contributed by atoms with Crippen LogP contribution in [0.4, 0.5) is 4.39 Å². The fourth-order valence-corrected chi connectivity index (χ4v) is 3.33. The van der Waals surface area contributed by atoms with Gasteiger partial charge in [-0.05, 0) is 42.3 Å². The number of ketones is 1. The predicted octanol–water partition coefficient (Wildman–Crippen LogP) is 2.79. The molecule has 0 N–H and O–H groups in total. The molecule has 1 heterocycles. The maximum Gasteiger partial charge on any atom is 0.222 e. The molecule has 1 aliphatic rings. The molecule has 2 aromatic rings. The van der Waals surface area contributed by atoms with Crippen LogP contribution in [0.1, 0.15) is 22.3 Å². The molecular weight excluding hydrogens is 359 g/mol. The molecule has 0 aromatic heterocycles. The number of rotatable bonds is 7. The summed E-state index contributed by atoms with van der Waals surface area (Å²) in [7, 11) is 1.59. The SMILES string of the molecule is COc1ccc(C(=O)CN2CCN(C(=O)CCc3ccccc3F)CC2)cc1. The van der Waals surface area contributed by atoms with Gasteiger partial charge in [0, 0.05) is 38.2 Å². The minimum absolute atomic E-state index is 0.0318. The normalized spacial score (nSPS) is 14.7. The topological polar surface area (TPSA) is 49.9 Å². The van der Waals surface area contributed by atoms with E-state index in [2.05, 4.69) is 4.90 Å². The van der Waals surface area contributed by atoms with E-state index in [1.54, 1.807) is 54.5 Å². The lowest BCUT2D eigenvalue weighted by Gasteiger charge is -2.34. The van der Waals surface area contributed by atoms with E-state index in [1.807, 2.05) is 0 Å². The summed E-state index contributed by atoms with van der Waals surface area (Å²) in [6.45, 7) is 2.84. The van der Waals surface area contributed by atoms with Gasteiger partial charge >= 0.3 is 0 Å². The second-order valence-electron chi connectivity index (χ2n) is 6.90. The minimum atomic E-state index is -0.267. The summed E-state index contributed by atoms with van der Waals surface area (Å²) in [6, 6.07) is 13.6. The Bertz CT molecular complexity index is 815. The van der Waals surface area contributed by atoms with Crippen LogP contribution in [0.25, 0.3) is 0 Å². The van der Waals surface area contributed by atoms with Gasteiger partial charge in [-0.3, -0.25) is 14.5 Å². The van der Waals surface area contributed by atoms with Crippen LogP contribution in [-0.4, -0.2) is 61.3 Å². The van der Waals surface area contributed by atoms with Gasteiger partial charge in [-0.1, -0.05) is 18.2 Å². The Kier molecular flexibility index (Phi) is 6.76. The van der Waals surface area contributed by atoms with Crippen LogP contribution in [0.2, 0.25) is 0 Å². The van der Waals surface area contributed by atoms with Gasteiger partial charge in [0.05, 0.1) is 13.7 Å². The summed E-state index contributed by atoms with van der Waals surface area (Å²) in [6.07, 6.45) is 0.702. The monoisotopic (exact) mass is 384 g/mol. The van der Waals surface area contributed by atoms with Crippen molar-refractivity contribution in [2.45, 2.75) is 12.8 Å². The van der Waals surface area contributed by atoms with Crippen molar-refractivity contribution in [2.24, 2.45) is 0 Å². The zero-order chi connectivity index (χ0) is 19.9. The van der Waals surface area contributed by atoms with E-state index in [0.717, 1.165) is 5.75 Å². The average Bonchev–Trinajstić information content (AvgIpc) is 2.73. The van der Waals surface area contributed by atoms with Crippen LogP contribution in [0.5, 0.6) is 5.75 Å². The van der Waals surface area contributed by atoms with Gasteiger partial charge in [0.2, 0.25) is 5.91 Å². The third kappa shape index (κ3) is 5.16. The molecule has 5 nitrogen and oxygen atoms in total. The van der Waals surface area contributed by atoms with Gasteiger partial charge in [-0.25, -0.2) is 4.39 Å². The molecule has 6 heteroatoms. The van der Waals surface area contributed by atoms with Crippen LogP contribution >= 0.6 is 0 Å². The molecular formula is C22H25FN2O3. The Morgan fingerprint density at radius 3 is 2.32 bits per heavy atom. The number of aryl methyl sites for hydroxylation is 1. The molecule has 0 bridgehead atoms. The molecule has 1 saturated heterocycles. The summed E-state index contributed by atoms with van der Waals surface area (Å²) in [4.78, 5) is 28.7. The standard InChI is InChI=1S/C22H25FN2O3/c1-28-19-9-6-18(7-10-19)21(26)16-24-12-14-25(15-13-24)22(27)11-8-17-4-2-3-5-20(17)23/h2-7,9-10H,8,11-16H2,1H3. The summed E-state index contributed by atoms with van der Waals surface area (Å²) < 4.78 is 18.8. The lowest BCUT2D eigenvalue weighted by molar-refractivity contribution is -0.132. The highest BCUT2D eigenvalue weighted by atomic mass is 19.1. The molecule has 0 unspecified atom stereocenters. The van der Waals surface area contributed by atoms with E-state index >= 15 is 0 Å². The van der Waals surface area contributed by atoms with Crippen molar-refractivity contribution in [3.05, 3.63) is 65.5 Å². The molecule has 0 saturated carbocycles. The first-order chi connectivity index (χ1) is 13.6. The van der Waals surface area contributed by atoms with Crippen molar-refractivity contribution in [3.63, 3.8) is 0 Å². The number of hydrogen-bond donors (Lipinski definition) is 0. The first-order valence-electron chi connectivity index (χ1n) is 9.47. The van der Waals surface area contributed by atoms with Crippen molar-refractivity contribution >= 4 is 11.7 Å². The lowest BCUT2D eigenvalue weighted by atomic mass is 10.1. The number of carbonyl (C=O) groups excluding carboxylic acids is 2. The van der Waals surface area contributed by atoms with Crippen LogP contribution in [0, 0.1) is 5.82 Å². The molecule has 28 heavy (non-hydrogen) atoms. The van der Waals surface area contributed by atoms with Gasteiger partial charge in [-0.15, -0.1) is 0 Å². The number of hydrogen-bond acceptors (Lipinski definition) is 4. The van der Waals surface area contributed by atoms with Crippen LogP contribution < -0.4 is 4.74 Å². The quantitative estimate of drug-likeness (QED) is 0.689. The van der Waals surface area contributed by atoms with Crippen molar-refractivity contribution in [3.8, 4) is 5.75 Å². The van der Waals surface area contributed by atoms with Gasteiger partial charge in [0.25, 0.3) is 0 Å². The molecule has 0 aliphatic carbocycles. The Labute approximate surface area is 164 Å². The highest BCUT2D eigenvalue weighted by Crippen LogP contribution is 2.14. The van der Waals surface area contributed by atoms with Crippen LogP contribution in [0.15, 0.2) is 48.5 Å². The molecule has 0 radical (unpaired) electrons. The minimum Gasteiger partial charge on any atom is -0.497 e. The summed E-state index contributed by atoms with van der Waals surface area (Å²) >= 11 is 0. The Morgan fingerprint density at radius 1 is 1.00 bits per heavy atom. The van der Waals surface area contributed by atoms with Crippen molar-refractivity contribution in [1.29, 1.82) is 0 Å². The second kappa shape index (κ2) is 9.46. The predicted molar refractivity (Wildman–Crippen MR) is 105 cm³/mol. The Morgan fingerprint density at radius 2 is 1.68 bits per heavy atom. The lowest BCUT2D eigenvalue weighted by Crippen LogP contribution is -2.50. The third-order valence-electron chi connectivity index (χ3n) is 5.07. The van der Waals surface area contributed by atoms with Gasteiger partial charge in [0.1, 0.15) is 11.6 Å². The molecule has 0 spiro atoms. The maximum absolute atomic E-state index is 13.7. The van der Waals surface area contributed by atoms with E-state index in [-0.39, 0.29) is 17.5 Å². The van der Waals surface area contributed by atoms with Crippen molar-refractivity contribution in [1.82, 2.24) is 9.80 Å². The number of nitrogens with zero attached hydrogens (tertiary/aromatic N) is 2. The van der Waals surface area contributed by atoms with Crippen molar-refractivity contribution in [2.75, 3.05) is 39.8 Å². The van der Waals surface area contributed by atoms with E-state index in [4.69, 9.17) is 4.74 Å². The summed E-state index contributed by atoms with van der Waals surface area (Å²) in [5.41, 5.74) is 1.23.